The highest BCUT2D eigenvalue weighted by Crippen LogP contribution is 2.32. The number of benzene rings is 1. The third kappa shape index (κ3) is 2.99. The first-order valence-electron chi connectivity index (χ1n) is 6.89. The zero-order valence-corrected chi connectivity index (χ0v) is 12.4. The molecule has 7 heteroatoms. The van der Waals surface area contributed by atoms with Crippen LogP contribution >= 0.6 is 0 Å². The van der Waals surface area contributed by atoms with E-state index in [0.29, 0.717) is 22.2 Å². The number of ether oxygens (including phenoxy) is 1. The molecule has 0 aliphatic heterocycles. The molecule has 0 fully saturated rings. The third-order valence-corrected chi connectivity index (χ3v) is 3.32. The Kier molecular flexibility index (Phi) is 3.81. The van der Waals surface area contributed by atoms with E-state index in [1.807, 2.05) is 6.92 Å². The number of nitriles is 1. The van der Waals surface area contributed by atoms with Gasteiger partial charge >= 0.3 is 6.18 Å². The average Bonchev–Trinajstić information content (AvgIpc) is 2.54. The van der Waals surface area contributed by atoms with E-state index < -0.39 is 11.9 Å². The Morgan fingerprint density at radius 1 is 1.08 bits per heavy atom. The second-order valence-electron chi connectivity index (χ2n) is 5.11. The summed E-state index contributed by atoms with van der Waals surface area (Å²) in [7, 11) is 0. The summed E-state index contributed by atoms with van der Waals surface area (Å²) in [6, 6.07) is 9.05. The van der Waals surface area contributed by atoms with Crippen LogP contribution in [0.2, 0.25) is 0 Å². The van der Waals surface area contributed by atoms with E-state index in [-0.39, 0.29) is 5.75 Å². The fourth-order valence-electron chi connectivity index (χ4n) is 2.21. The molecule has 24 heavy (non-hydrogen) atoms. The molecule has 3 aromatic rings. The number of nitrogens with zero attached hydrogens (tertiary/aromatic N) is 3. The molecular weight excluding hydrogens is 319 g/mol. The summed E-state index contributed by atoms with van der Waals surface area (Å²) < 4.78 is 43.2. The molecule has 0 spiro atoms. The molecule has 0 atom stereocenters. The fourth-order valence-corrected chi connectivity index (χ4v) is 2.21. The maximum atomic E-state index is 12.5. The van der Waals surface area contributed by atoms with E-state index >= 15 is 0 Å². The number of aromatic nitrogens is 2. The molecule has 0 radical (unpaired) electrons. The number of rotatable bonds is 2. The zero-order chi connectivity index (χ0) is 17.3. The Morgan fingerprint density at radius 2 is 1.88 bits per heavy atom. The van der Waals surface area contributed by atoms with Crippen LogP contribution in [0, 0.1) is 18.3 Å². The number of alkyl halides is 3. The minimum Gasteiger partial charge on any atom is -0.453 e. The zero-order valence-electron chi connectivity index (χ0n) is 12.4. The molecule has 0 amide bonds. The number of fused-ring (bicyclic) bond motifs is 1. The quantitative estimate of drug-likeness (QED) is 0.688. The average molecular weight is 329 g/mol. The lowest BCUT2D eigenvalue weighted by Crippen LogP contribution is -2.07. The van der Waals surface area contributed by atoms with Gasteiger partial charge < -0.3 is 4.74 Å². The Bertz CT molecular complexity index is 944. The van der Waals surface area contributed by atoms with Crippen LogP contribution in [0.3, 0.4) is 0 Å². The van der Waals surface area contributed by atoms with Crippen molar-refractivity contribution in [1.29, 1.82) is 5.26 Å². The lowest BCUT2D eigenvalue weighted by molar-refractivity contribution is -0.141. The molecule has 3 rings (SSSR count). The second-order valence-corrected chi connectivity index (χ2v) is 5.11. The van der Waals surface area contributed by atoms with E-state index in [1.165, 1.54) is 6.07 Å². The molecule has 0 saturated carbocycles. The van der Waals surface area contributed by atoms with E-state index in [2.05, 4.69) is 16.0 Å². The predicted octanol–water partition coefficient (Wildman–Crippen LogP) is 4.62. The van der Waals surface area contributed by atoms with Gasteiger partial charge in [0.15, 0.2) is 5.75 Å². The lowest BCUT2D eigenvalue weighted by Gasteiger charge is -2.10. The van der Waals surface area contributed by atoms with Gasteiger partial charge in [-0.1, -0.05) is 0 Å². The molecule has 0 unspecified atom stereocenters. The third-order valence-electron chi connectivity index (χ3n) is 3.32. The first kappa shape index (κ1) is 15.7. The van der Waals surface area contributed by atoms with Gasteiger partial charge in [0.2, 0.25) is 0 Å². The smallest absolute Gasteiger partial charge is 0.433 e. The second kappa shape index (κ2) is 5.81. The molecule has 0 bridgehead atoms. The Balaban J connectivity index is 2.01. The van der Waals surface area contributed by atoms with Gasteiger partial charge in [-0.05, 0) is 42.8 Å². The van der Waals surface area contributed by atoms with Gasteiger partial charge in [-0.3, -0.25) is 4.98 Å². The summed E-state index contributed by atoms with van der Waals surface area (Å²) in [6.45, 7) is 1.85. The molecule has 0 aliphatic rings. The van der Waals surface area contributed by atoms with Crippen molar-refractivity contribution >= 4 is 10.9 Å². The van der Waals surface area contributed by atoms with Crippen molar-refractivity contribution in [2.75, 3.05) is 0 Å². The van der Waals surface area contributed by atoms with Crippen molar-refractivity contribution in [3.05, 3.63) is 59.5 Å². The molecule has 0 saturated heterocycles. The topological polar surface area (TPSA) is 58.8 Å². The predicted molar refractivity (Wildman–Crippen MR) is 80.5 cm³/mol. The minimum atomic E-state index is -4.50. The molecule has 120 valence electrons. The van der Waals surface area contributed by atoms with Gasteiger partial charge in [0.1, 0.15) is 17.0 Å². The first-order valence-corrected chi connectivity index (χ1v) is 6.89. The van der Waals surface area contributed by atoms with Gasteiger partial charge in [0.25, 0.3) is 0 Å². The van der Waals surface area contributed by atoms with Crippen molar-refractivity contribution < 1.29 is 17.9 Å². The summed E-state index contributed by atoms with van der Waals surface area (Å²) in [5, 5.41) is 9.80. The first-order chi connectivity index (χ1) is 11.4. The normalized spacial score (nSPS) is 11.3. The number of aryl methyl sites for hydroxylation is 1. The summed E-state index contributed by atoms with van der Waals surface area (Å²) >= 11 is 0. The number of hydrogen-bond acceptors (Lipinski definition) is 4. The minimum absolute atomic E-state index is 0.149. The van der Waals surface area contributed by atoms with Gasteiger partial charge in [-0.25, -0.2) is 4.98 Å². The Labute approximate surface area is 135 Å². The van der Waals surface area contributed by atoms with Crippen molar-refractivity contribution in [1.82, 2.24) is 9.97 Å². The van der Waals surface area contributed by atoms with Crippen LogP contribution < -0.4 is 4.74 Å². The molecular formula is C17H10F3N3O. The monoisotopic (exact) mass is 329 g/mol. The highest BCUT2D eigenvalue weighted by atomic mass is 19.4. The molecule has 2 heterocycles. The van der Waals surface area contributed by atoms with E-state index in [4.69, 9.17) is 4.74 Å². The van der Waals surface area contributed by atoms with Gasteiger partial charge in [0, 0.05) is 11.6 Å². The maximum Gasteiger partial charge on any atom is 0.433 e. The molecule has 4 nitrogen and oxygen atoms in total. The van der Waals surface area contributed by atoms with Crippen molar-refractivity contribution in [2.45, 2.75) is 13.1 Å². The van der Waals surface area contributed by atoms with Gasteiger partial charge in [0.05, 0.1) is 17.8 Å². The highest BCUT2D eigenvalue weighted by Gasteiger charge is 2.32. The number of hydrogen-bond donors (Lipinski definition) is 0. The largest absolute Gasteiger partial charge is 0.453 e. The Morgan fingerprint density at radius 3 is 2.50 bits per heavy atom. The van der Waals surface area contributed by atoms with Crippen molar-refractivity contribution in [3.8, 4) is 17.6 Å². The van der Waals surface area contributed by atoms with Crippen LogP contribution in [0.15, 0.2) is 42.7 Å². The molecule has 0 N–H and O–H groups in total. The fraction of sp³-hybridized carbons (Fsp3) is 0.118. The van der Waals surface area contributed by atoms with E-state index in [0.717, 1.165) is 17.8 Å². The lowest BCUT2D eigenvalue weighted by atomic mass is 10.1. The number of pyridine rings is 2. The maximum absolute atomic E-state index is 12.5. The summed E-state index contributed by atoms with van der Waals surface area (Å²) in [5.41, 5.74) is 0.791. The summed E-state index contributed by atoms with van der Waals surface area (Å²) in [6.07, 6.45) is -1.87. The van der Waals surface area contributed by atoms with Crippen LogP contribution in [-0.4, -0.2) is 9.97 Å². The van der Waals surface area contributed by atoms with Crippen LogP contribution in [-0.2, 0) is 6.18 Å². The van der Waals surface area contributed by atoms with Crippen molar-refractivity contribution in [2.24, 2.45) is 0 Å². The van der Waals surface area contributed by atoms with E-state index in [9.17, 15) is 18.4 Å². The molecule has 1 aromatic carbocycles. The summed E-state index contributed by atoms with van der Waals surface area (Å²) in [5.74, 6) is 0.488. The molecule has 0 aliphatic carbocycles. The molecule has 2 aromatic heterocycles. The standard InChI is InChI=1S/C17H10F3N3O/c1-10-6-13-11(7-21)2-4-14(16(13)23-8-10)24-12-3-5-15(22-9-12)17(18,19)20/h2-6,8-9H,1H3. The Hall–Kier alpha value is -3.14. The van der Waals surface area contributed by atoms with Gasteiger partial charge in [-0.15, -0.1) is 0 Å². The van der Waals surface area contributed by atoms with E-state index in [1.54, 1.807) is 24.4 Å². The van der Waals surface area contributed by atoms with Crippen LogP contribution in [0.1, 0.15) is 16.8 Å². The SMILES string of the molecule is Cc1cnc2c(Oc3ccc(C(F)(F)F)nc3)ccc(C#N)c2c1. The summed E-state index contributed by atoms with van der Waals surface area (Å²) in [4.78, 5) is 7.62. The highest BCUT2D eigenvalue weighted by molar-refractivity contribution is 5.90. The number of halogens is 3. The van der Waals surface area contributed by atoms with Crippen LogP contribution in [0.5, 0.6) is 11.5 Å². The van der Waals surface area contributed by atoms with Crippen LogP contribution in [0.4, 0.5) is 13.2 Å². The van der Waals surface area contributed by atoms with Crippen LogP contribution in [0.25, 0.3) is 10.9 Å². The van der Waals surface area contributed by atoms with Crippen molar-refractivity contribution in [3.63, 3.8) is 0 Å². The van der Waals surface area contributed by atoms with Gasteiger partial charge in [-0.2, -0.15) is 18.4 Å².